The predicted octanol–water partition coefficient (Wildman–Crippen LogP) is 5.71. The van der Waals surface area contributed by atoms with Crippen molar-refractivity contribution in [3.63, 3.8) is 0 Å². The van der Waals surface area contributed by atoms with Crippen LogP contribution < -0.4 is 20.1 Å². The molecule has 2 aromatic rings. The standard InChI is InChI=1S/C25H30N2O3/c1-5-29-21-12-11-16(13-22(21)30-6-2)24-23-19(14-25(3,4)15-20(23)28)26-17-9-7-8-10-18(17)27-24/h7-13,24,26-27H,5-6,14-15H2,1-4H3/t24-/m1/s1. The molecule has 0 bridgehead atoms. The summed E-state index contributed by atoms with van der Waals surface area (Å²) in [7, 11) is 0. The van der Waals surface area contributed by atoms with Crippen LogP contribution in [0.15, 0.2) is 53.7 Å². The smallest absolute Gasteiger partial charge is 0.163 e. The Kier molecular flexibility index (Phi) is 5.46. The number of carbonyl (C=O) groups excluding carboxylic acids is 1. The normalized spacial score (nSPS) is 19.7. The first-order valence-electron chi connectivity index (χ1n) is 10.7. The largest absolute Gasteiger partial charge is 0.490 e. The second kappa shape index (κ2) is 8.05. The third-order valence-corrected chi connectivity index (χ3v) is 5.62. The van der Waals surface area contributed by atoms with Crippen molar-refractivity contribution in [2.24, 2.45) is 5.41 Å². The van der Waals surface area contributed by atoms with Crippen LogP contribution in [0.3, 0.4) is 0 Å². The van der Waals surface area contributed by atoms with Gasteiger partial charge in [0.2, 0.25) is 0 Å². The maximum absolute atomic E-state index is 13.3. The lowest BCUT2D eigenvalue weighted by Gasteiger charge is -2.34. The van der Waals surface area contributed by atoms with Gasteiger partial charge in [0.1, 0.15) is 0 Å². The highest BCUT2D eigenvalue weighted by Gasteiger charge is 2.38. The first kappa shape index (κ1) is 20.3. The molecule has 2 N–H and O–H groups in total. The number of carbonyl (C=O) groups is 1. The van der Waals surface area contributed by atoms with Crippen LogP contribution in [0.4, 0.5) is 11.4 Å². The zero-order chi connectivity index (χ0) is 21.3. The SMILES string of the molecule is CCOc1ccc([C@H]2Nc3ccccc3NC3=C2C(=O)CC(C)(C)C3)cc1OCC. The van der Waals surface area contributed by atoms with Gasteiger partial charge >= 0.3 is 0 Å². The Bertz CT molecular complexity index is 994. The van der Waals surface area contributed by atoms with Gasteiger partial charge in [0.15, 0.2) is 17.3 Å². The minimum atomic E-state index is -0.255. The summed E-state index contributed by atoms with van der Waals surface area (Å²) in [5, 5.41) is 7.17. The summed E-state index contributed by atoms with van der Waals surface area (Å²) in [6, 6.07) is 13.8. The van der Waals surface area contributed by atoms with Crippen molar-refractivity contribution in [2.75, 3.05) is 23.8 Å². The number of hydrogen-bond acceptors (Lipinski definition) is 5. The number of allylic oxidation sites excluding steroid dienone is 1. The van der Waals surface area contributed by atoms with E-state index in [1.807, 2.05) is 56.3 Å². The maximum Gasteiger partial charge on any atom is 0.163 e. The molecule has 0 aromatic heterocycles. The van der Waals surface area contributed by atoms with Crippen molar-refractivity contribution in [3.8, 4) is 11.5 Å². The van der Waals surface area contributed by atoms with Gasteiger partial charge in [0.05, 0.1) is 30.6 Å². The van der Waals surface area contributed by atoms with E-state index in [1.54, 1.807) is 0 Å². The van der Waals surface area contributed by atoms with E-state index in [0.717, 1.165) is 40.4 Å². The van der Waals surface area contributed by atoms with Crippen LogP contribution in [0.1, 0.15) is 52.1 Å². The van der Waals surface area contributed by atoms with Crippen LogP contribution >= 0.6 is 0 Å². The molecule has 4 rings (SSSR count). The molecule has 2 aromatic carbocycles. The van der Waals surface area contributed by atoms with E-state index in [4.69, 9.17) is 9.47 Å². The van der Waals surface area contributed by atoms with Crippen LogP contribution in [0.5, 0.6) is 11.5 Å². The Morgan fingerprint density at radius 3 is 2.40 bits per heavy atom. The van der Waals surface area contributed by atoms with Crippen molar-refractivity contribution in [1.29, 1.82) is 0 Å². The van der Waals surface area contributed by atoms with Gasteiger partial charge in [-0.1, -0.05) is 32.0 Å². The van der Waals surface area contributed by atoms with Crippen molar-refractivity contribution in [2.45, 2.75) is 46.6 Å². The molecule has 2 aliphatic rings. The summed E-state index contributed by atoms with van der Waals surface area (Å²) in [5.74, 6) is 1.61. The van der Waals surface area contributed by atoms with Crippen molar-refractivity contribution in [1.82, 2.24) is 0 Å². The van der Waals surface area contributed by atoms with E-state index >= 15 is 0 Å². The van der Waals surface area contributed by atoms with Crippen LogP contribution in [-0.4, -0.2) is 19.0 Å². The van der Waals surface area contributed by atoms with Gasteiger partial charge < -0.3 is 20.1 Å². The fourth-order valence-electron chi connectivity index (χ4n) is 4.39. The predicted molar refractivity (Wildman–Crippen MR) is 120 cm³/mol. The molecule has 158 valence electrons. The Balaban J connectivity index is 1.84. The number of rotatable bonds is 5. The number of Topliss-reactive ketones (excluding diaryl/α,β-unsaturated/α-hetero) is 1. The fourth-order valence-corrected chi connectivity index (χ4v) is 4.39. The van der Waals surface area contributed by atoms with E-state index in [1.165, 1.54) is 0 Å². The molecule has 0 spiro atoms. The van der Waals surface area contributed by atoms with Crippen LogP contribution in [0.2, 0.25) is 0 Å². The van der Waals surface area contributed by atoms with Crippen LogP contribution in [0, 0.1) is 5.41 Å². The molecule has 0 saturated carbocycles. The molecule has 30 heavy (non-hydrogen) atoms. The third-order valence-electron chi connectivity index (χ3n) is 5.62. The lowest BCUT2D eigenvalue weighted by Crippen LogP contribution is -2.31. The lowest BCUT2D eigenvalue weighted by atomic mass is 9.73. The highest BCUT2D eigenvalue weighted by atomic mass is 16.5. The molecular weight excluding hydrogens is 376 g/mol. The Morgan fingerprint density at radius 1 is 0.967 bits per heavy atom. The van der Waals surface area contributed by atoms with E-state index < -0.39 is 0 Å². The first-order valence-corrected chi connectivity index (χ1v) is 10.7. The molecular formula is C25H30N2O3. The number of benzene rings is 2. The highest BCUT2D eigenvalue weighted by molar-refractivity contribution is 6.01. The third kappa shape index (κ3) is 3.89. The number of nitrogens with one attached hydrogen (secondary N) is 2. The van der Waals surface area contributed by atoms with E-state index in [9.17, 15) is 4.79 Å². The van der Waals surface area contributed by atoms with E-state index in [2.05, 4.69) is 24.5 Å². The summed E-state index contributed by atoms with van der Waals surface area (Å²) < 4.78 is 11.6. The molecule has 5 nitrogen and oxygen atoms in total. The van der Waals surface area contributed by atoms with E-state index in [0.29, 0.717) is 25.4 Å². The summed E-state index contributed by atoms with van der Waals surface area (Å²) in [5.41, 5.74) is 4.72. The average Bonchev–Trinajstić information content (AvgIpc) is 2.85. The first-order chi connectivity index (χ1) is 14.4. The number of hydrogen-bond donors (Lipinski definition) is 2. The summed E-state index contributed by atoms with van der Waals surface area (Å²) >= 11 is 0. The minimum absolute atomic E-state index is 0.0674. The summed E-state index contributed by atoms with van der Waals surface area (Å²) in [6.07, 6.45) is 1.37. The molecule has 1 aliphatic carbocycles. The van der Waals surface area contributed by atoms with Gasteiger partial charge in [-0.25, -0.2) is 0 Å². The van der Waals surface area contributed by atoms with Crippen molar-refractivity contribution < 1.29 is 14.3 Å². The van der Waals surface area contributed by atoms with Gasteiger partial charge in [0.25, 0.3) is 0 Å². The molecule has 1 aliphatic heterocycles. The maximum atomic E-state index is 13.3. The molecule has 5 heteroatoms. The second-order valence-electron chi connectivity index (χ2n) is 8.65. The zero-order valence-corrected chi connectivity index (χ0v) is 18.2. The number of fused-ring (bicyclic) bond motifs is 1. The Hall–Kier alpha value is -2.95. The number of anilines is 2. The molecule has 0 fully saturated rings. The second-order valence-corrected chi connectivity index (χ2v) is 8.65. The molecule has 0 unspecified atom stereocenters. The molecule has 1 atom stereocenters. The molecule has 0 saturated heterocycles. The average molecular weight is 407 g/mol. The molecule has 0 amide bonds. The van der Waals surface area contributed by atoms with Gasteiger partial charge in [-0.2, -0.15) is 0 Å². The van der Waals surface area contributed by atoms with Gasteiger partial charge in [-0.05, 0) is 55.5 Å². The number of ketones is 1. The van der Waals surface area contributed by atoms with Gasteiger partial charge in [-0.3, -0.25) is 4.79 Å². The number of para-hydroxylation sites is 2. The van der Waals surface area contributed by atoms with Gasteiger partial charge in [0, 0.05) is 17.7 Å². The van der Waals surface area contributed by atoms with Crippen LogP contribution in [0.25, 0.3) is 0 Å². The topological polar surface area (TPSA) is 59.6 Å². The zero-order valence-electron chi connectivity index (χ0n) is 18.2. The van der Waals surface area contributed by atoms with Crippen molar-refractivity contribution >= 4 is 17.2 Å². The summed E-state index contributed by atoms with van der Waals surface area (Å²) in [6.45, 7) is 9.34. The minimum Gasteiger partial charge on any atom is -0.490 e. The van der Waals surface area contributed by atoms with E-state index in [-0.39, 0.29) is 17.2 Å². The lowest BCUT2D eigenvalue weighted by molar-refractivity contribution is -0.118. The highest BCUT2D eigenvalue weighted by Crippen LogP contribution is 2.46. The van der Waals surface area contributed by atoms with Gasteiger partial charge in [-0.15, -0.1) is 0 Å². The molecule has 1 heterocycles. The quantitative estimate of drug-likeness (QED) is 0.666. The monoisotopic (exact) mass is 406 g/mol. The fraction of sp³-hybridized carbons (Fsp3) is 0.400. The van der Waals surface area contributed by atoms with Crippen LogP contribution in [-0.2, 0) is 4.79 Å². The summed E-state index contributed by atoms with van der Waals surface area (Å²) in [4.78, 5) is 13.3. The van der Waals surface area contributed by atoms with Crippen molar-refractivity contribution in [3.05, 3.63) is 59.3 Å². The Morgan fingerprint density at radius 2 is 1.67 bits per heavy atom. The number of ether oxygens (including phenoxy) is 2. The Labute approximate surface area is 178 Å². The molecule has 0 radical (unpaired) electrons.